The molecule has 0 radical (unpaired) electrons. The molecule has 1 aromatic heterocycles. The zero-order chi connectivity index (χ0) is 13.5. The first-order chi connectivity index (χ1) is 8.37. The summed E-state index contributed by atoms with van der Waals surface area (Å²) in [5.41, 5.74) is 1.13. The van der Waals surface area contributed by atoms with Gasteiger partial charge in [-0.1, -0.05) is 0 Å². The average molecular weight is 271 g/mol. The third-order valence-electron chi connectivity index (χ3n) is 3.42. The number of aromatic nitrogens is 2. The highest BCUT2D eigenvalue weighted by Gasteiger charge is 2.35. The van der Waals surface area contributed by atoms with Gasteiger partial charge in [0.2, 0.25) is 10.0 Å². The summed E-state index contributed by atoms with van der Waals surface area (Å²) in [6.45, 7) is 4.10. The molecule has 7 heteroatoms. The van der Waals surface area contributed by atoms with Gasteiger partial charge in [0.25, 0.3) is 0 Å². The number of sulfonamides is 1. The fraction of sp³-hybridized carbons (Fsp3) is 0.636. The molecule has 0 spiro atoms. The van der Waals surface area contributed by atoms with Gasteiger partial charge in [-0.3, -0.25) is 4.68 Å². The minimum absolute atomic E-state index is 0.183. The number of rotatable bonds is 3. The third-order valence-corrected chi connectivity index (χ3v) is 5.54. The Hall–Kier alpha value is -1.21. The van der Waals surface area contributed by atoms with Gasteiger partial charge in [0.05, 0.1) is 11.4 Å². The van der Waals surface area contributed by atoms with Crippen LogP contribution in [-0.2, 0) is 21.9 Å². The van der Waals surface area contributed by atoms with Crippen LogP contribution in [0, 0.1) is 19.8 Å². The number of carbonyl (C=O) groups excluding carboxylic acids is 1. The van der Waals surface area contributed by atoms with Crippen LogP contribution in [0.1, 0.15) is 17.8 Å². The average Bonchev–Trinajstić information content (AvgIpc) is 2.85. The van der Waals surface area contributed by atoms with E-state index < -0.39 is 10.0 Å². The Bertz CT molecular complexity index is 577. The van der Waals surface area contributed by atoms with Crippen molar-refractivity contribution in [2.24, 2.45) is 13.0 Å². The fourth-order valence-electron chi connectivity index (χ4n) is 2.34. The van der Waals surface area contributed by atoms with Gasteiger partial charge in [-0.2, -0.15) is 9.40 Å². The molecule has 100 valence electrons. The highest BCUT2D eigenvalue weighted by molar-refractivity contribution is 7.89. The standard InChI is InChI=1S/C11H17N3O3S/c1-8-11(9(2)13(3)12-8)18(16,17)14-5-4-10(6-14)7-15/h7,10H,4-6H2,1-3H3. The normalized spacial score (nSPS) is 21.4. The van der Waals surface area contributed by atoms with Gasteiger partial charge in [-0.15, -0.1) is 0 Å². The second-order valence-electron chi connectivity index (χ2n) is 4.67. The van der Waals surface area contributed by atoms with Crippen molar-refractivity contribution < 1.29 is 13.2 Å². The first-order valence-electron chi connectivity index (χ1n) is 5.83. The quantitative estimate of drug-likeness (QED) is 0.739. The second kappa shape index (κ2) is 4.47. The summed E-state index contributed by atoms with van der Waals surface area (Å²) in [4.78, 5) is 11.0. The first kappa shape index (κ1) is 13.2. The van der Waals surface area contributed by atoms with E-state index in [1.54, 1.807) is 25.6 Å². The molecule has 0 saturated carbocycles. The van der Waals surface area contributed by atoms with E-state index in [-0.39, 0.29) is 17.4 Å². The monoisotopic (exact) mass is 271 g/mol. The van der Waals surface area contributed by atoms with E-state index in [4.69, 9.17) is 0 Å². The molecule has 0 bridgehead atoms. The SMILES string of the molecule is Cc1nn(C)c(C)c1S(=O)(=O)N1CCC(C=O)C1. The maximum absolute atomic E-state index is 12.5. The van der Waals surface area contributed by atoms with Crippen molar-refractivity contribution in [3.05, 3.63) is 11.4 Å². The highest BCUT2D eigenvalue weighted by Crippen LogP contribution is 2.27. The second-order valence-corrected chi connectivity index (χ2v) is 6.55. The van der Waals surface area contributed by atoms with Crippen LogP contribution < -0.4 is 0 Å². The Kier molecular flexibility index (Phi) is 3.29. The minimum atomic E-state index is -3.53. The molecular weight excluding hydrogens is 254 g/mol. The lowest BCUT2D eigenvalue weighted by Gasteiger charge is -2.15. The van der Waals surface area contributed by atoms with Crippen LogP contribution in [-0.4, -0.2) is 41.9 Å². The summed E-state index contributed by atoms with van der Waals surface area (Å²) in [6, 6.07) is 0. The van der Waals surface area contributed by atoms with Crippen LogP contribution in [0.4, 0.5) is 0 Å². The zero-order valence-electron chi connectivity index (χ0n) is 10.8. The van der Waals surface area contributed by atoms with Crippen molar-refractivity contribution in [1.82, 2.24) is 14.1 Å². The molecule has 1 saturated heterocycles. The van der Waals surface area contributed by atoms with E-state index in [9.17, 15) is 13.2 Å². The van der Waals surface area contributed by atoms with Crippen LogP contribution in [0.5, 0.6) is 0 Å². The molecule has 1 atom stereocenters. The molecular formula is C11H17N3O3S. The van der Waals surface area contributed by atoms with E-state index >= 15 is 0 Å². The molecule has 1 aliphatic rings. The molecule has 2 rings (SSSR count). The Morgan fingerprint density at radius 1 is 1.39 bits per heavy atom. The number of hydrogen-bond acceptors (Lipinski definition) is 4. The van der Waals surface area contributed by atoms with E-state index in [0.717, 1.165) is 6.29 Å². The smallest absolute Gasteiger partial charge is 0.246 e. The van der Waals surface area contributed by atoms with E-state index in [0.29, 0.717) is 24.4 Å². The third kappa shape index (κ3) is 1.97. The summed E-state index contributed by atoms with van der Waals surface area (Å²) in [6.07, 6.45) is 1.43. The van der Waals surface area contributed by atoms with Gasteiger partial charge in [-0.25, -0.2) is 8.42 Å². The molecule has 0 aromatic carbocycles. The minimum Gasteiger partial charge on any atom is -0.303 e. The van der Waals surface area contributed by atoms with Crippen molar-refractivity contribution in [3.8, 4) is 0 Å². The Balaban J connectivity index is 2.40. The maximum atomic E-state index is 12.5. The van der Waals surface area contributed by atoms with Crippen molar-refractivity contribution >= 4 is 16.3 Å². The molecule has 0 amide bonds. The highest BCUT2D eigenvalue weighted by atomic mass is 32.2. The summed E-state index contributed by atoms with van der Waals surface area (Å²) < 4.78 is 28.0. The van der Waals surface area contributed by atoms with Gasteiger partial charge in [0.1, 0.15) is 11.2 Å². The molecule has 1 aliphatic heterocycles. The van der Waals surface area contributed by atoms with Crippen LogP contribution >= 0.6 is 0 Å². The zero-order valence-corrected chi connectivity index (χ0v) is 11.6. The van der Waals surface area contributed by atoms with Gasteiger partial charge in [0.15, 0.2) is 0 Å². The molecule has 1 fully saturated rings. The van der Waals surface area contributed by atoms with E-state index in [1.165, 1.54) is 4.31 Å². The number of aryl methyl sites for hydroxylation is 2. The summed E-state index contributed by atoms with van der Waals surface area (Å²) >= 11 is 0. The van der Waals surface area contributed by atoms with Crippen LogP contribution in [0.3, 0.4) is 0 Å². The molecule has 0 aliphatic carbocycles. The predicted octanol–water partition coefficient (Wildman–Crippen LogP) is 0.246. The first-order valence-corrected chi connectivity index (χ1v) is 7.27. The number of aldehydes is 1. The summed E-state index contributed by atoms with van der Waals surface area (Å²) in [5, 5.41) is 4.13. The Morgan fingerprint density at radius 2 is 2.06 bits per heavy atom. The van der Waals surface area contributed by atoms with Gasteiger partial charge >= 0.3 is 0 Å². The Labute approximate surface area is 107 Å². The molecule has 18 heavy (non-hydrogen) atoms. The number of hydrogen-bond donors (Lipinski definition) is 0. The number of carbonyl (C=O) groups is 1. The van der Waals surface area contributed by atoms with Gasteiger partial charge < -0.3 is 4.79 Å². The summed E-state index contributed by atoms with van der Waals surface area (Å²) in [5.74, 6) is -0.183. The van der Waals surface area contributed by atoms with Crippen LogP contribution in [0.25, 0.3) is 0 Å². The van der Waals surface area contributed by atoms with Crippen molar-refractivity contribution in [2.45, 2.75) is 25.2 Å². The Morgan fingerprint density at radius 3 is 2.50 bits per heavy atom. The van der Waals surface area contributed by atoms with E-state index in [2.05, 4.69) is 5.10 Å². The lowest BCUT2D eigenvalue weighted by molar-refractivity contribution is -0.110. The topological polar surface area (TPSA) is 72.3 Å². The molecule has 6 nitrogen and oxygen atoms in total. The molecule has 1 aromatic rings. The van der Waals surface area contributed by atoms with Gasteiger partial charge in [-0.05, 0) is 20.3 Å². The van der Waals surface area contributed by atoms with Crippen molar-refractivity contribution in [2.75, 3.05) is 13.1 Å². The maximum Gasteiger partial charge on any atom is 0.246 e. The lowest BCUT2D eigenvalue weighted by Crippen LogP contribution is -2.29. The summed E-state index contributed by atoms with van der Waals surface area (Å²) in [7, 11) is -1.81. The molecule has 2 heterocycles. The van der Waals surface area contributed by atoms with Crippen molar-refractivity contribution in [3.63, 3.8) is 0 Å². The lowest BCUT2D eigenvalue weighted by atomic mass is 10.2. The van der Waals surface area contributed by atoms with E-state index in [1.807, 2.05) is 0 Å². The predicted molar refractivity (Wildman–Crippen MR) is 65.6 cm³/mol. The van der Waals surface area contributed by atoms with Crippen LogP contribution in [0.15, 0.2) is 4.90 Å². The van der Waals surface area contributed by atoms with Crippen molar-refractivity contribution in [1.29, 1.82) is 0 Å². The van der Waals surface area contributed by atoms with Crippen LogP contribution in [0.2, 0.25) is 0 Å². The molecule has 1 unspecified atom stereocenters. The largest absolute Gasteiger partial charge is 0.303 e. The fourth-order valence-corrected chi connectivity index (χ4v) is 4.25. The molecule has 0 N–H and O–H groups in total. The number of nitrogens with zero attached hydrogens (tertiary/aromatic N) is 3. The van der Waals surface area contributed by atoms with Gasteiger partial charge in [0, 0.05) is 26.1 Å².